The fourth-order valence-corrected chi connectivity index (χ4v) is 18.1. The molecule has 9 fully saturated rings. The number of unbranched alkanes of at least 4 members (excludes halogenated alkanes) is 8. The Balaban J connectivity index is 1.09. The van der Waals surface area contributed by atoms with Gasteiger partial charge < -0.3 is 21.3 Å². The molecule has 0 radical (unpaired) electrons. The van der Waals surface area contributed by atoms with Crippen LogP contribution in [0.2, 0.25) is 0 Å². The van der Waals surface area contributed by atoms with Gasteiger partial charge in [0.15, 0.2) is 0 Å². The second kappa shape index (κ2) is 18.8. The minimum absolute atomic E-state index is 0.724. The number of hydrogen-bond donors (Lipinski definition) is 4. The molecule has 4 nitrogen and oxygen atoms in total. The number of nitrogens with one attached hydrogen (secondary N) is 4. The molecule has 5 heterocycles. The summed E-state index contributed by atoms with van der Waals surface area (Å²) in [5.41, 5.74) is 0. The summed E-state index contributed by atoms with van der Waals surface area (Å²) in [6, 6.07) is 5.85. The van der Waals surface area contributed by atoms with Gasteiger partial charge in [0, 0.05) is 48.3 Å². The summed E-state index contributed by atoms with van der Waals surface area (Å²) >= 11 is 0. The topological polar surface area (TPSA) is 48.1 Å². The van der Waals surface area contributed by atoms with Gasteiger partial charge in [0.2, 0.25) is 0 Å². The molecule has 4 saturated carbocycles. The maximum Gasteiger partial charge on any atom is 0.0261 e. The highest BCUT2D eigenvalue weighted by Crippen LogP contribution is 2.61. The van der Waals surface area contributed by atoms with E-state index in [-0.39, 0.29) is 0 Å². The molecule has 0 amide bonds. The standard InChI is InChI=1S/C52H92N4/c1-5-9-13-25-37-41-29-30-42-38(26-14-10-6-2)47-35-23-19-20-24-36(35)48-40(28-16-12-8-4)44(56-52(48)51(47)55-42)32-31-43-39(27-15-11-7-3)46-34-22-18-17-21-33(34)45(37)49(53-41)50(46)54-43/h33-56H,5-32H2,1-4H3. The smallest absolute Gasteiger partial charge is 0.0261 e. The molecule has 20 atom stereocenters. The van der Waals surface area contributed by atoms with E-state index in [1.165, 1.54) is 154 Å². The van der Waals surface area contributed by atoms with Gasteiger partial charge in [-0.25, -0.2) is 0 Å². The van der Waals surface area contributed by atoms with E-state index in [1.54, 1.807) is 25.7 Å². The third-order valence-electron chi connectivity index (χ3n) is 20.0. The van der Waals surface area contributed by atoms with Crippen molar-refractivity contribution < 1.29 is 0 Å². The molecular weight excluding hydrogens is 681 g/mol. The SMILES string of the molecule is CCCCCC1C2CCC3NC4C5NC(CCC6NC7C(N2)C1C1CCCCC1C7C6CCCCC)C(CCCCC)C5C1CCCCC1C4C3CCCCC. The Kier molecular flexibility index (Phi) is 13.9. The Bertz CT molecular complexity index is 1040. The lowest BCUT2D eigenvalue weighted by atomic mass is 9.53. The van der Waals surface area contributed by atoms with Crippen LogP contribution in [-0.4, -0.2) is 48.3 Å². The Morgan fingerprint density at radius 1 is 0.304 bits per heavy atom. The van der Waals surface area contributed by atoms with Crippen molar-refractivity contribution in [2.45, 2.75) is 256 Å². The summed E-state index contributed by atoms with van der Waals surface area (Å²) in [5.74, 6) is 11.3. The van der Waals surface area contributed by atoms with Crippen molar-refractivity contribution in [3.05, 3.63) is 0 Å². The largest absolute Gasteiger partial charge is 0.309 e. The van der Waals surface area contributed by atoms with E-state index in [2.05, 4.69) is 27.7 Å². The van der Waals surface area contributed by atoms with Gasteiger partial charge in [-0.2, -0.15) is 0 Å². The van der Waals surface area contributed by atoms with Gasteiger partial charge in [-0.05, 0) is 148 Å². The van der Waals surface area contributed by atoms with Crippen molar-refractivity contribution in [1.29, 1.82) is 0 Å². The van der Waals surface area contributed by atoms with Crippen LogP contribution in [0.3, 0.4) is 0 Å². The molecule has 56 heavy (non-hydrogen) atoms. The van der Waals surface area contributed by atoms with Crippen LogP contribution in [0.25, 0.3) is 0 Å². The fraction of sp³-hybridized carbons (Fsp3) is 1.00. The highest BCUT2D eigenvalue weighted by Gasteiger charge is 2.64. The van der Waals surface area contributed by atoms with Gasteiger partial charge in [-0.15, -0.1) is 0 Å². The lowest BCUT2D eigenvalue weighted by Gasteiger charge is -2.52. The lowest BCUT2D eigenvalue weighted by molar-refractivity contribution is -0.00414. The molecule has 20 unspecified atom stereocenters. The van der Waals surface area contributed by atoms with Crippen molar-refractivity contribution in [2.24, 2.45) is 71.0 Å². The summed E-state index contributed by atoms with van der Waals surface area (Å²) in [5, 5.41) is 18.8. The molecule has 0 aromatic rings. The minimum atomic E-state index is 0.724. The van der Waals surface area contributed by atoms with Crippen LogP contribution in [0, 0.1) is 71.0 Å². The van der Waals surface area contributed by atoms with E-state index in [1.807, 2.05) is 0 Å². The molecule has 4 aliphatic carbocycles. The van der Waals surface area contributed by atoms with E-state index >= 15 is 0 Å². The van der Waals surface area contributed by atoms with Crippen LogP contribution >= 0.6 is 0 Å². The normalized spacial score (nSPS) is 49.1. The highest BCUT2D eigenvalue weighted by molar-refractivity contribution is 5.20. The van der Waals surface area contributed by atoms with Gasteiger partial charge in [-0.1, -0.05) is 130 Å². The molecule has 4 N–H and O–H groups in total. The average molecular weight is 773 g/mol. The highest BCUT2D eigenvalue weighted by atomic mass is 15.2. The van der Waals surface area contributed by atoms with Crippen molar-refractivity contribution in [1.82, 2.24) is 21.3 Å². The lowest BCUT2D eigenvalue weighted by Crippen LogP contribution is -2.59. The first-order valence-corrected chi connectivity index (χ1v) is 26.7. The van der Waals surface area contributed by atoms with Crippen LogP contribution in [0.4, 0.5) is 0 Å². The first kappa shape index (κ1) is 41.2. The molecule has 9 rings (SSSR count). The van der Waals surface area contributed by atoms with Crippen LogP contribution in [-0.2, 0) is 0 Å². The fourth-order valence-electron chi connectivity index (χ4n) is 18.1. The second-order valence-electron chi connectivity index (χ2n) is 22.5. The van der Waals surface area contributed by atoms with Gasteiger partial charge in [0.1, 0.15) is 0 Å². The Morgan fingerprint density at radius 2 is 0.536 bits per heavy atom. The molecule has 320 valence electrons. The van der Waals surface area contributed by atoms with E-state index in [0.29, 0.717) is 0 Å². The number of hydrogen-bond acceptors (Lipinski definition) is 4. The molecule has 0 aromatic heterocycles. The maximum absolute atomic E-state index is 4.70. The second-order valence-corrected chi connectivity index (χ2v) is 22.5. The molecule has 5 aliphatic heterocycles. The molecule has 0 spiro atoms. The third kappa shape index (κ3) is 7.69. The zero-order valence-corrected chi connectivity index (χ0v) is 37.3. The van der Waals surface area contributed by atoms with Crippen LogP contribution in [0.1, 0.15) is 207 Å². The molecule has 9 aliphatic rings. The molecule has 4 heteroatoms. The zero-order chi connectivity index (χ0) is 38.2. The number of fused-ring (bicyclic) bond motifs is 10. The van der Waals surface area contributed by atoms with Crippen molar-refractivity contribution in [3.63, 3.8) is 0 Å². The summed E-state index contributed by atoms with van der Waals surface area (Å²) in [6.07, 6.45) is 41.0. The van der Waals surface area contributed by atoms with Gasteiger partial charge >= 0.3 is 0 Å². The first-order chi connectivity index (χ1) is 27.7. The van der Waals surface area contributed by atoms with Crippen LogP contribution in [0.5, 0.6) is 0 Å². The maximum atomic E-state index is 4.70. The Hall–Kier alpha value is -0.160. The van der Waals surface area contributed by atoms with Crippen molar-refractivity contribution >= 4 is 0 Å². The predicted octanol–water partition coefficient (Wildman–Crippen LogP) is 11.8. The van der Waals surface area contributed by atoms with E-state index in [0.717, 1.165) is 119 Å². The summed E-state index contributed by atoms with van der Waals surface area (Å²) in [4.78, 5) is 0. The van der Waals surface area contributed by atoms with Gasteiger partial charge in [-0.3, -0.25) is 0 Å². The van der Waals surface area contributed by atoms with Crippen molar-refractivity contribution in [3.8, 4) is 0 Å². The first-order valence-electron chi connectivity index (χ1n) is 26.7. The number of rotatable bonds is 16. The Labute approximate surface area is 346 Å². The van der Waals surface area contributed by atoms with Gasteiger partial charge in [0.05, 0.1) is 0 Å². The quantitative estimate of drug-likeness (QED) is 0.118. The van der Waals surface area contributed by atoms with Gasteiger partial charge in [0.25, 0.3) is 0 Å². The van der Waals surface area contributed by atoms with Crippen LogP contribution in [0.15, 0.2) is 0 Å². The molecule has 8 bridgehead atoms. The van der Waals surface area contributed by atoms with Crippen LogP contribution < -0.4 is 21.3 Å². The zero-order valence-electron chi connectivity index (χ0n) is 37.3. The summed E-state index contributed by atoms with van der Waals surface area (Å²) < 4.78 is 0. The third-order valence-corrected chi connectivity index (χ3v) is 20.0. The molecule has 5 saturated heterocycles. The molecular formula is C52H92N4. The predicted molar refractivity (Wildman–Crippen MR) is 237 cm³/mol. The molecule has 0 aromatic carbocycles. The Morgan fingerprint density at radius 3 is 0.750 bits per heavy atom. The van der Waals surface area contributed by atoms with E-state index < -0.39 is 0 Å². The average Bonchev–Trinajstić information content (AvgIpc) is 3.98. The summed E-state index contributed by atoms with van der Waals surface area (Å²) in [6.45, 7) is 9.74. The van der Waals surface area contributed by atoms with E-state index in [9.17, 15) is 0 Å². The summed E-state index contributed by atoms with van der Waals surface area (Å²) in [7, 11) is 0. The monoisotopic (exact) mass is 773 g/mol. The van der Waals surface area contributed by atoms with E-state index in [4.69, 9.17) is 21.3 Å². The minimum Gasteiger partial charge on any atom is -0.309 e. The van der Waals surface area contributed by atoms with Crippen molar-refractivity contribution in [2.75, 3.05) is 0 Å².